The maximum Gasteiger partial charge on any atom is 0.309 e. The normalized spacial score (nSPS) is 15.4. The summed E-state index contributed by atoms with van der Waals surface area (Å²) in [6, 6.07) is 10.9. The van der Waals surface area contributed by atoms with Crippen molar-refractivity contribution < 1.29 is 27.4 Å². The zero-order valence-corrected chi connectivity index (χ0v) is 19.9. The first kappa shape index (κ1) is 24.1. The van der Waals surface area contributed by atoms with E-state index in [4.69, 9.17) is 14.2 Å². The Balaban J connectivity index is 1.48. The Bertz CT molecular complexity index is 1020. The molecule has 32 heavy (non-hydrogen) atoms. The van der Waals surface area contributed by atoms with Crippen LogP contribution in [0.15, 0.2) is 41.3 Å². The summed E-state index contributed by atoms with van der Waals surface area (Å²) in [4.78, 5) is 12.8. The average molecular weight is 462 g/mol. The van der Waals surface area contributed by atoms with E-state index >= 15 is 0 Å². The zero-order chi connectivity index (χ0) is 23.3. The summed E-state index contributed by atoms with van der Waals surface area (Å²) >= 11 is 0. The van der Waals surface area contributed by atoms with Gasteiger partial charge in [-0.25, -0.2) is 8.42 Å². The van der Waals surface area contributed by atoms with Gasteiger partial charge in [-0.1, -0.05) is 17.7 Å². The number of sulfonamides is 1. The fourth-order valence-electron chi connectivity index (χ4n) is 4.13. The third kappa shape index (κ3) is 5.61. The minimum absolute atomic E-state index is 0.144. The largest absolute Gasteiger partial charge is 0.497 e. The Kier molecular flexibility index (Phi) is 7.79. The number of carbonyl (C=O) groups excluding carboxylic acids is 1. The second-order valence-electron chi connectivity index (χ2n) is 8.10. The first-order chi connectivity index (χ1) is 15.2. The number of hydrogen-bond acceptors (Lipinski definition) is 6. The number of rotatable bonds is 8. The monoisotopic (exact) mass is 461 g/mol. The van der Waals surface area contributed by atoms with Gasteiger partial charge in [0.15, 0.2) is 0 Å². The molecule has 0 aromatic heterocycles. The summed E-state index contributed by atoms with van der Waals surface area (Å²) in [5.41, 5.74) is 2.54. The smallest absolute Gasteiger partial charge is 0.309 e. The van der Waals surface area contributed by atoms with E-state index < -0.39 is 10.0 Å². The molecule has 1 saturated heterocycles. The molecule has 7 nitrogen and oxygen atoms in total. The molecule has 1 aliphatic heterocycles. The fraction of sp³-hybridized carbons (Fsp3) is 0.458. The Labute approximate surface area is 190 Å². The van der Waals surface area contributed by atoms with Gasteiger partial charge in [-0.2, -0.15) is 4.31 Å². The van der Waals surface area contributed by atoms with Crippen molar-refractivity contribution in [3.8, 4) is 11.5 Å². The standard InChI is InChI=1S/C24H31NO6S/c1-17-15-18(2)23(19(3)16-17)32(27,28)25-11-9-20(10-12-25)24(26)31-14-13-30-22-7-5-21(29-4)6-8-22/h5-8,15-16,20H,9-14H2,1-4H3. The number of nitrogens with zero attached hydrogens (tertiary/aromatic N) is 1. The summed E-state index contributed by atoms with van der Waals surface area (Å²) in [7, 11) is -2.00. The third-order valence-electron chi connectivity index (χ3n) is 5.65. The van der Waals surface area contributed by atoms with Crippen LogP contribution in [0.3, 0.4) is 0 Å². The average Bonchev–Trinajstić information content (AvgIpc) is 2.76. The molecule has 3 rings (SSSR count). The van der Waals surface area contributed by atoms with Crippen molar-refractivity contribution in [2.75, 3.05) is 33.4 Å². The van der Waals surface area contributed by atoms with Gasteiger partial charge in [-0.05, 0) is 69.0 Å². The van der Waals surface area contributed by atoms with Crippen molar-refractivity contribution in [1.29, 1.82) is 0 Å². The number of hydrogen-bond donors (Lipinski definition) is 0. The quantitative estimate of drug-likeness (QED) is 0.441. The van der Waals surface area contributed by atoms with Crippen molar-refractivity contribution >= 4 is 16.0 Å². The lowest BCUT2D eigenvalue weighted by Crippen LogP contribution is -2.41. The lowest BCUT2D eigenvalue weighted by atomic mass is 9.98. The number of esters is 1. The summed E-state index contributed by atoms with van der Waals surface area (Å²) in [5, 5.41) is 0. The fourth-order valence-corrected chi connectivity index (χ4v) is 6.01. The summed E-state index contributed by atoms with van der Waals surface area (Å²) in [5.74, 6) is 0.803. The Hall–Kier alpha value is -2.58. The van der Waals surface area contributed by atoms with E-state index in [1.807, 2.05) is 32.9 Å². The minimum Gasteiger partial charge on any atom is -0.497 e. The lowest BCUT2D eigenvalue weighted by Gasteiger charge is -2.31. The molecule has 1 heterocycles. The van der Waals surface area contributed by atoms with Crippen molar-refractivity contribution in [2.45, 2.75) is 38.5 Å². The second kappa shape index (κ2) is 10.4. The van der Waals surface area contributed by atoms with Crippen LogP contribution >= 0.6 is 0 Å². The predicted octanol–water partition coefficient (Wildman–Crippen LogP) is 3.64. The van der Waals surface area contributed by atoms with E-state index in [9.17, 15) is 13.2 Å². The van der Waals surface area contributed by atoms with Gasteiger partial charge in [0.25, 0.3) is 0 Å². The van der Waals surface area contributed by atoms with Gasteiger partial charge in [0, 0.05) is 13.1 Å². The highest BCUT2D eigenvalue weighted by Gasteiger charge is 2.34. The van der Waals surface area contributed by atoms with Crippen LogP contribution < -0.4 is 9.47 Å². The van der Waals surface area contributed by atoms with Crippen molar-refractivity contribution in [1.82, 2.24) is 4.31 Å². The van der Waals surface area contributed by atoms with Crippen molar-refractivity contribution in [3.63, 3.8) is 0 Å². The van der Waals surface area contributed by atoms with Crippen LogP contribution in [0.25, 0.3) is 0 Å². The highest BCUT2D eigenvalue weighted by Crippen LogP contribution is 2.29. The first-order valence-electron chi connectivity index (χ1n) is 10.7. The van der Waals surface area contributed by atoms with Gasteiger partial charge < -0.3 is 14.2 Å². The Morgan fingerprint density at radius 1 is 0.969 bits per heavy atom. The van der Waals surface area contributed by atoms with Crippen LogP contribution in [0.1, 0.15) is 29.5 Å². The molecule has 0 N–H and O–H groups in total. The number of ether oxygens (including phenoxy) is 3. The van der Waals surface area contributed by atoms with E-state index in [0.29, 0.717) is 36.6 Å². The molecule has 174 valence electrons. The molecular formula is C24H31NO6S. The summed E-state index contributed by atoms with van der Waals surface area (Å²) in [6.07, 6.45) is 0.892. The van der Waals surface area contributed by atoms with Gasteiger partial charge in [0.2, 0.25) is 10.0 Å². The number of benzene rings is 2. The van der Waals surface area contributed by atoms with Crippen molar-refractivity contribution in [2.24, 2.45) is 5.92 Å². The van der Waals surface area contributed by atoms with E-state index in [1.165, 1.54) is 4.31 Å². The third-order valence-corrected chi connectivity index (χ3v) is 7.85. The van der Waals surface area contributed by atoms with Crippen molar-refractivity contribution in [3.05, 3.63) is 53.1 Å². The molecule has 2 aromatic rings. The maximum absolute atomic E-state index is 13.2. The van der Waals surface area contributed by atoms with Gasteiger partial charge in [0.1, 0.15) is 24.7 Å². The van der Waals surface area contributed by atoms with Crippen LogP contribution in [0.2, 0.25) is 0 Å². The molecule has 1 fully saturated rings. The minimum atomic E-state index is -3.59. The molecule has 0 atom stereocenters. The number of methoxy groups -OCH3 is 1. The highest BCUT2D eigenvalue weighted by atomic mass is 32.2. The van der Waals surface area contributed by atoms with Crippen LogP contribution in [0.5, 0.6) is 11.5 Å². The Morgan fingerprint density at radius 2 is 1.53 bits per heavy atom. The first-order valence-corrected chi connectivity index (χ1v) is 12.2. The molecule has 0 bridgehead atoms. The molecule has 0 spiro atoms. The van der Waals surface area contributed by atoms with E-state index in [1.54, 1.807) is 31.4 Å². The molecular weight excluding hydrogens is 430 g/mol. The highest BCUT2D eigenvalue weighted by molar-refractivity contribution is 7.89. The Morgan fingerprint density at radius 3 is 2.09 bits per heavy atom. The number of aryl methyl sites for hydroxylation is 3. The molecule has 1 aliphatic rings. The van der Waals surface area contributed by atoms with Crippen LogP contribution in [0.4, 0.5) is 0 Å². The molecule has 2 aromatic carbocycles. The lowest BCUT2D eigenvalue weighted by molar-refractivity contribution is -0.150. The summed E-state index contributed by atoms with van der Waals surface area (Å²) in [6.45, 7) is 6.60. The predicted molar refractivity (Wildman–Crippen MR) is 122 cm³/mol. The second-order valence-corrected chi connectivity index (χ2v) is 9.97. The van der Waals surface area contributed by atoms with E-state index in [-0.39, 0.29) is 25.1 Å². The van der Waals surface area contributed by atoms with Crippen LogP contribution in [-0.4, -0.2) is 52.1 Å². The SMILES string of the molecule is COc1ccc(OCCOC(=O)C2CCN(S(=O)(=O)c3c(C)cc(C)cc3C)CC2)cc1. The maximum atomic E-state index is 13.2. The van der Waals surface area contributed by atoms with Gasteiger partial charge in [-0.3, -0.25) is 4.79 Å². The van der Waals surface area contributed by atoms with Gasteiger partial charge in [-0.15, -0.1) is 0 Å². The van der Waals surface area contributed by atoms with E-state index in [2.05, 4.69) is 0 Å². The zero-order valence-electron chi connectivity index (χ0n) is 19.1. The molecule has 0 unspecified atom stereocenters. The molecule has 8 heteroatoms. The van der Waals surface area contributed by atoms with Crippen LogP contribution in [-0.2, 0) is 19.6 Å². The summed E-state index contributed by atoms with van der Waals surface area (Å²) < 4.78 is 43.9. The number of carbonyl (C=O) groups is 1. The van der Waals surface area contributed by atoms with Gasteiger partial charge in [0.05, 0.1) is 17.9 Å². The number of piperidine rings is 1. The van der Waals surface area contributed by atoms with Gasteiger partial charge >= 0.3 is 5.97 Å². The molecule has 0 radical (unpaired) electrons. The topological polar surface area (TPSA) is 82.1 Å². The van der Waals surface area contributed by atoms with E-state index in [0.717, 1.165) is 22.4 Å². The molecule has 0 saturated carbocycles. The molecule has 0 aliphatic carbocycles. The molecule has 0 amide bonds. The van der Waals surface area contributed by atoms with Crippen LogP contribution in [0, 0.1) is 26.7 Å².